The third-order valence-electron chi connectivity index (χ3n) is 4.51. The van der Waals surface area contributed by atoms with E-state index in [4.69, 9.17) is 0 Å². The number of carbonyl (C=O) groups is 2. The summed E-state index contributed by atoms with van der Waals surface area (Å²) >= 11 is 0. The average Bonchev–Trinajstić information content (AvgIpc) is 2.77. The Morgan fingerprint density at radius 1 is 1.38 bits per heavy atom. The van der Waals surface area contributed by atoms with Gasteiger partial charge in [-0.3, -0.25) is 14.3 Å². The molecule has 6 nitrogen and oxygen atoms in total. The lowest BCUT2D eigenvalue weighted by atomic mass is 9.84. The third kappa shape index (κ3) is 4.36. The van der Waals surface area contributed by atoms with Crippen molar-refractivity contribution in [1.82, 2.24) is 14.7 Å². The van der Waals surface area contributed by atoms with E-state index in [1.54, 1.807) is 9.58 Å². The molecule has 1 heterocycles. The predicted molar refractivity (Wildman–Crippen MR) is 94.7 cm³/mol. The SMILES string of the molecule is CCCN(CC(=O)Nc1cc(C(C)(C)C)nn1C)C(=O)C1CCC1. The third-order valence-corrected chi connectivity index (χ3v) is 4.51. The van der Waals surface area contributed by atoms with Gasteiger partial charge in [-0.25, -0.2) is 0 Å². The molecule has 0 bridgehead atoms. The highest BCUT2D eigenvalue weighted by Crippen LogP contribution is 2.28. The van der Waals surface area contributed by atoms with Gasteiger partial charge in [0.05, 0.1) is 12.2 Å². The number of hydrogen-bond donors (Lipinski definition) is 1. The first kappa shape index (κ1) is 18.5. The molecule has 1 aliphatic carbocycles. The Bertz CT molecular complexity index is 597. The van der Waals surface area contributed by atoms with E-state index in [0.717, 1.165) is 31.4 Å². The minimum absolute atomic E-state index is 0.0742. The second kappa shape index (κ2) is 7.36. The van der Waals surface area contributed by atoms with Crippen LogP contribution >= 0.6 is 0 Å². The van der Waals surface area contributed by atoms with Crippen molar-refractivity contribution in [3.63, 3.8) is 0 Å². The first-order valence-corrected chi connectivity index (χ1v) is 8.85. The molecular formula is C18H30N4O2. The number of carbonyl (C=O) groups excluding carboxylic acids is 2. The zero-order chi connectivity index (χ0) is 17.9. The summed E-state index contributed by atoms with van der Waals surface area (Å²) in [5.41, 5.74) is 0.853. The second-order valence-corrected chi connectivity index (χ2v) is 7.72. The average molecular weight is 334 g/mol. The summed E-state index contributed by atoms with van der Waals surface area (Å²) in [6.45, 7) is 9.01. The van der Waals surface area contributed by atoms with E-state index < -0.39 is 0 Å². The Kier molecular flexibility index (Phi) is 5.67. The summed E-state index contributed by atoms with van der Waals surface area (Å²) in [6.07, 6.45) is 3.88. The van der Waals surface area contributed by atoms with Crippen LogP contribution in [-0.4, -0.2) is 39.6 Å². The van der Waals surface area contributed by atoms with E-state index >= 15 is 0 Å². The zero-order valence-electron chi connectivity index (χ0n) is 15.6. The van der Waals surface area contributed by atoms with Crippen LogP contribution in [0.5, 0.6) is 0 Å². The van der Waals surface area contributed by atoms with Crippen LogP contribution < -0.4 is 5.32 Å². The molecule has 6 heteroatoms. The van der Waals surface area contributed by atoms with Crippen LogP contribution in [0.1, 0.15) is 59.1 Å². The molecule has 0 atom stereocenters. The van der Waals surface area contributed by atoms with Crippen LogP contribution in [-0.2, 0) is 22.1 Å². The zero-order valence-corrected chi connectivity index (χ0v) is 15.6. The maximum atomic E-state index is 12.4. The molecule has 0 spiro atoms. The number of hydrogen-bond acceptors (Lipinski definition) is 3. The smallest absolute Gasteiger partial charge is 0.245 e. The monoisotopic (exact) mass is 334 g/mol. The van der Waals surface area contributed by atoms with Crippen molar-refractivity contribution < 1.29 is 9.59 Å². The van der Waals surface area contributed by atoms with Crippen LogP contribution in [0.4, 0.5) is 5.82 Å². The van der Waals surface area contributed by atoms with Crippen molar-refractivity contribution in [3.8, 4) is 0 Å². The van der Waals surface area contributed by atoms with E-state index in [2.05, 4.69) is 31.2 Å². The van der Waals surface area contributed by atoms with Crippen molar-refractivity contribution in [2.75, 3.05) is 18.4 Å². The largest absolute Gasteiger partial charge is 0.333 e. The van der Waals surface area contributed by atoms with Gasteiger partial charge >= 0.3 is 0 Å². The van der Waals surface area contributed by atoms with E-state index in [1.807, 2.05) is 20.0 Å². The molecular weight excluding hydrogens is 304 g/mol. The Morgan fingerprint density at radius 3 is 2.50 bits per heavy atom. The number of nitrogens with zero attached hydrogens (tertiary/aromatic N) is 3. The van der Waals surface area contributed by atoms with Crippen LogP contribution in [0.3, 0.4) is 0 Å². The molecule has 2 rings (SSSR count). The lowest BCUT2D eigenvalue weighted by Gasteiger charge is -2.31. The maximum Gasteiger partial charge on any atom is 0.245 e. The molecule has 24 heavy (non-hydrogen) atoms. The van der Waals surface area contributed by atoms with Crippen molar-refractivity contribution in [2.24, 2.45) is 13.0 Å². The summed E-state index contributed by atoms with van der Waals surface area (Å²) in [5.74, 6) is 0.740. The molecule has 0 aromatic carbocycles. The summed E-state index contributed by atoms with van der Waals surface area (Å²) in [7, 11) is 1.81. The van der Waals surface area contributed by atoms with Gasteiger partial charge in [-0.2, -0.15) is 5.10 Å². The molecule has 1 fully saturated rings. The van der Waals surface area contributed by atoms with E-state index in [1.165, 1.54) is 0 Å². The van der Waals surface area contributed by atoms with Crippen LogP contribution in [0.15, 0.2) is 6.07 Å². The summed E-state index contributed by atoms with van der Waals surface area (Å²) in [6, 6.07) is 1.90. The van der Waals surface area contributed by atoms with Gasteiger partial charge in [-0.05, 0) is 19.3 Å². The lowest BCUT2D eigenvalue weighted by Crippen LogP contribution is -2.43. The highest BCUT2D eigenvalue weighted by Gasteiger charge is 2.30. The van der Waals surface area contributed by atoms with Crippen molar-refractivity contribution in [3.05, 3.63) is 11.8 Å². The van der Waals surface area contributed by atoms with Crippen molar-refractivity contribution in [1.29, 1.82) is 0 Å². The number of amides is 2. The molecule has 134 valence electrons. The lowest BCUT2D eigenvalue weighted by molar-refractivity contribution is -0.140. The molecule has 0 aliphatic heterocycles. The van der Waals surface area contributed by atoms with E-state index in [0.29, 0.717) is 12.4 Å². The van der Waals surface area contributed by atoms with Gasteiger partial charge in [0, 0.05) is 31.0 Å². The van der Waals surface area contributed by atoms with Crippen LogP contribution in [0, 0.1) is 5.92 Å². The normalized spacial score (nSPS) is 15.0. The quantitative estimate of drug-likeness (QED) is 0.870. The van der Waals surface area contributed by atoms with E-state index in [9.17, 15) is 9.59 Å². The fourth-order valence-electron chi connectivity index (χ4n) is 2.76. The summed E-state index contributed by atoms with van der Waals surface area (Å²) in [5, 5.41) is 7.35. The number of anilines is 1. The van der Waals surface area contributed by atoms with Crippen LogP contribution in [0.25, 0.3) is 0 Å². The summed E-state index contributed by atoms with van der Waals surface area (Å²) < 4.78 is 1.68. The van der Waals surface area contributed by atoms with Gasteiger partial charge in [-0.1, -0.05) is 34.1 Å². The van der Waals surface area contributed by atoms with Crippen molar-refractivity contribution in [2.45, 2.75) is 58.8 Å². The Hall–Kier alpha value is -1.85. The maximum absolute atomic E-state index is 12.4. The molecule has 1 aromatic rings. The minimum atomic E-state index is -0.167. The van der Waals surface area contributed by atoms with Crippen molar-refractivity contribution >= 4 is 17.6 Å². The fourth-order valence-corrected chi connectivity index (χ4v) is 2.76. The molecule has 2 amide bonds. The summed E-state index contributed by atoms with van der Waals surface area (Å²) in [4.78, 5) is 26.5. The highest BCUT2D eigenvalue weighted by atomic mass is 16.2. The molecule has 0 unspecified atom stereocenters. The molecule has 1 aliphatic rings. The van der Waals surface area contributed by atoms with Gasteiger partial charge < -0.3 is 10.2 Å². The number of aryl methyl sites for hydroxylation is 1. The Morgan fingerprint density at radius 2 is 2.04 bits per heavy atom. The van der Waals surface area contributed by atoms with Gasteiger partial charge in [0.15, 0.2) is 0 Å². The number of rotatable bonds is 6. The van der Waals surface area contributed by atoms with Gasteiger partial charge in [0.1, 0.15) is 5.82 Å². The topological polar surface area (TPSA) is 67.2 Å². The minimum Gasteiger partial charge on any atom is -0.333 e. The number of nitrogens with one attached hydrogen (secondary N) is 1. The second-order valence-electron chi connectivity index (χ2n) is 7.72. The fraction of sp³-hybridized carbons (Fsp3) is 0.722. The Balaban J connectivity index is 2.00. The molecule has 1 aromatic heterocycles. The van der Waals surface area contributed by atoms with Gasteiger partial charge in [0.25, 0.3) is 0 Å². The number of aromatic nitrogens is 2. The Labute approximate surface area is 144 Å². The molecule has 0 saturated heterocycles. The van der Waals surface area contributed by atoms with Gasteiger partial charge in [0.2, 0.25) is 11.8 Å². The first-order valence-electron chi connectivity index (χ1n) is 8.85. The van der Waals surface area contributed by atoms with E-state index in [-0.39, 0.29) is 29.7 Å². The molecule has 1 saturated carbocycles. The van der Waals surface area contributed by atoms with Gasteiger partial charge in [-0.15, -0.1) is 0 Å². The highest BCUT2D eigenvalue weighted by molar-refractivity contribution is 5.94. The first-order chi connectivity index (χ1) is 11.2. The molecule has 0 radical (unpaired) electrons. The molecule has 1 N–H and O–H groups in total. The predicted octanol–water partition coefficient (Wildman–Crippen LogP) is 2.69. The van der Waals surface area contributed by atoms with Crippen LogP contribution in [0.2, 0.25) is 0 Å². The standard InChI is InChI=1S/C18H30N4O2/c1-6-10-22(17(24)13-8-7-9-13)12-16(23)19-15-11-14(18(2,3)4)20-21(15)5/h11,13H,6-10,12H2,1-5H3,(H,19,23).